The molecule has 0 fully saturated rings. The lowest BCUT2D eigenvalue weighted by molar-refractivity contribution is 0.414. The van der Waals surface area contributed by atoms with Crippen LogP contribution in [0, 0.1) is 0 Å². The fourth-order valence-corrected chi connectivity index (χ4v) is 1.06. The lowest BCUT2D eigenvalue weighted by Crippen LogP contribution is -1.98. The smallest absolute Gasteiger partial charge is 0.225 e. The first-order valence-corrected chi connectivity index (χ1v) is 5.29. The zero-order valence-electron chi connectivity index (χ0n) is 7.44. The molecule has 0 aromatic heterocycles. The minimum Gasteiger partial charge on any atom is -0.497 e. The number of ether oxygens (including phenoxy) is 2. The van der Waals surface area contributed by atoms with E-state index in [-0.39, 0.29) is 0 Å². The third kappa shape index (κ3) is 3.24. The molecule has 0 spiro atoms. The van der Waals surface area contributed by atoms with Gasteiger partial charge in [0.25, 0.3) is 0 Å². The van der Waals surface area contributed by atoms with E-state index in [9.17, 15) is 0 Å². The molecule has 4 heteroatoms. The minimum absolute atomic E-state index is 0.519. The number of benzene rings is 1. The number of hydrogen-bond donors (Lipinski definition) is 0. The Morgan fingerprint density at radius 3 is 2.23 bits per heavy atom. The van der Waals surface area contributed by atoms with E-state index in [4.69, 9.17) is 21.7 Å². The van der Waals surface area contributed by atoms with Crippen LogP contribution in [0.15, 0.2) is 24.3 Å². The number of thioether (sulfide) groups is 1. The Morgan fingerprint density at radius 2 is 1.77 bits per heavy atom. The van der Waals surface area contributed by atoms with Crippen molar-refractivity contribution in [1.82, 2.24) is 0 Å². The molecule has 0 N–H and O–H groups in total. The van der Waals surface area contributed by atoms with Crippen molar-refractivity contribution in [1.29, 1.82) is 0 Å². The van der Waals surface area contributed by atoms with E-state index in [2.05, 4.69) is 0 Å². The van der Waals surface area contributed by atoms with Crippen molar-refractivity contribution in [2.75, 3.05) is 13.4 Å². The SMILES string of the molecule is COc1ccc(OC(=S)SC)cc1. The monoisotopic (exact) mass is 214 g/mol. The first kappa shape index (κ1) is 10.3. The second-order valence-corrected chi connectivity index (χ2v) is 3.64. The molecule has 2 nitrogen and oxygen atoms in total. The fraction of sp³-hybridized carbons (Fsp3) is 0.222. The zero-order valence-corrected chi connectivity index (χ0v) is 9.08. The zero-order chi connectivity index (χ0) is 9.68. The Morgan fingerprint density at radius 1 is 1.23 bits per heavy atom. The van der Waals surface area contributed by atoms with E-state index >= 15 is 0 Å². The Balaban J connectivity index is 2.64. The predicted molar refractivity (Wildman–Crippen MR) is 59.7 cm³/mol. The van der Waals surface area contributed by atoms with Crippen LogP contribution in [0.4, 0.5) is 0 Å². The van der Waals surface area contributed by atoms with E-state index in [1.165, 1.54) is 11.8 Å². The van der Waals surface area contributed by atoms with Crippen LogP contribution in [0.3, 0.4) is 0 Å². The molecule has 0 bridgehead atoms. The first-order chi connectivity index (χ1) is 6.26. The Hall–Kier alpha value is -0.740. The molecule has 1 rings (SSSR count). The van der Waals surface area contributed by atoms with Gasteiger partial charge in [0.2, 0.25) is 4.38 Å². The highest BCUT2D eigenvalue weighted by molar-refractivity contribution is 8.22. The van der Waals surface area contributed by atoms with E-state index in [1.54, 1.807) is 7.11 Å². The van der Waals surface area contributed by atoms with Gasteiger partial charge in [-0.25, -0.2) is 0 Å². The second kappa shape index (κ2) is 5.09. The average molecular weight is 214 g/mol. The van der Waals surface area contributed by atoms with Crippen LogP contribution in [-0.4, -0.2) is 17.7 Å². The van der Waals surface area contributed by atoms with E-state index in [1.807, 2.05) is 30.5 Å². The maximum atomic E-state index is 5.30. The second-order valence-electron chi connectivity index (χ2n) is 2.23. The van der Waals surface area contributed by atoms with E-state index < -0.39 is 0 Å². The first-order valence-electron chi connectivity index (χ1n) is 3.66. The molecule has 0 radical (unpaired) electrons. The van der Waals surface area contributed by atoms with Gasteiger partial charge in [-0.1, -0.05) is 11.8 Å². The molecule has 70 valence electrons. The van der Waals surface area contributed by atoms with Crippen LogP contribution in [0.1, 0.15) is 0 Å². The Kier molecular flexibility index (Phi) is 4.05. The molecule has 0 heterocycles. The summed E-state index contributed by atoms with van der Waals surface area (Å²) < 4.78 is 10.8. The van der Waals surface area contributed by atoms with Crippen LogP contribution in [0.5, 0.6) is 11.5 Å². The molecular weight excluding hydrogens is 204 g/mol. The standard InChI is InChI=1S/C9H10O2S2/c1-10-7-3-5-8(6-4-7)11-9(12)13-2/h3-6H,1-2H3. The molecule has 0 atom stereocenters. The van der Waals surface area contributed by atoms with Crippen molar-refractivity contribution in [2.45, 2.75) is 0 Å². The number of thiocarbonyl (C=S) groups is 1. The Labute approximate surface area is 87.2 Å². The number of hydrogen-bond acceptors (Lipinski definition) is 4. The summed E-state index contributed by atoms with van der Waals surface area (Å²) in [5.74, 6) is 1.54. The molecule has 13 heavy (non-hydrogen) atoms. The van der Waals surface area contributed by atoms with Gasteiger partial charge in [0.1, 0.15) is 11.5 Å². The predicted octanol–water partition coefficient (Wildman–Crippen LogP) is 2.72. The van der Waals surface area contributed by atoms with Crippen molar-refractivity contribution >= 4 is 28.4 Å². The molecule has 1 aromatic carbocycles. The highest BCUT2D eigenvalue weighted by atomic mass is 32.2. The van der Waals surface area contributed by atoms with Crippen LogP contribution >= 0.6 is 24.0 Å². The normalized spacial score (nSPS) is 9.38. The van der Waals surface area contributed by atoms with Gasteiger partial charge in [-0.3, -0.25) is 0 Å². The van der Waals surface area contributed by atoms with Crippen molar-refractivity contribution in [3.05, 3.63) is 24.3 Å². The summed E-state index contributed by atoms with van der Waals surface area (Å²) in [6.07, 6.45) is 1.88. The van der Waals surface area contributed by atoms with Gasteiger partial charge in [-0.15, -0.1) is 0 Å². The third-order valence-electron chi connectivity index (χ3n) is 1.43. The summed E-state index contributed by atoms with van der Waals surface area (Å²) in [4.78, 5) is 0. The topological polar surface area (TPSA) is 18.5 Å². The van der Waals surface area contributed by atoms with Crippen molar-refractivity contribution < 1.29 is 9.47 Å². The summed E-state index contributed by atoms with van der Waals surface area (Å²) in [6.45, 7) is 0. The van der Waals surface area contributed by atoms with Gasteiger partial charge in [-0.05, 0) is 42.7 Å². The van der Waals surface area contributed by atoms with E-state index in [0.717, 1.165) is 11.5 Å². The highest BCUT2D eigenvalue weighted by Gasteiger charge is 1.98. The quantitative estimate of drug-likeness (QED) is 0.704. The summed E-state index contributed by atoms with van der Waals surface area (Å²) in [5, 5.41) is 0. The molecule has 0 aliphatic heterocycles. The van der Waals surface area contributed by atoms with Gasteiger partial charge in [0.15, 0.2) is 0 Å². The molecule has 0 aliphatic rings. The summed E-state index contributed by atoms with van der Waals surface area (Å²) >= 11 is 6.32. The summed E-state index contributed by atoms with van der Waals surface area (Å²) in [5.41, 5.74) is 0. The molecule has 0 unspecified atom stereocenters. The lowest BCUT2D eigenvalue weighted by Gasteiger charge is -2.04. The van der Waals surface area contributed by atoms with Crippen LogP contribution in [0.25, 0.3) is 0 Å². The van der Waals surface area contributed by atoms with E-state index in [0.29, 0.717) is 4.38 Å². The summed E-state index contributed by atoms with van der Waals surface area (Å²) in [7, 11) is 1.63. The Bertz CT molecular complexity index is 282. The van der Waals surface area contributed by atoms with Gasteiger partial charge in [0.05, 0.1) is 7.11 Å². The molecule has 0 aliphatic carbocycles. The molecule has 0 saturated carbocycles. The number of methoxy groups -OCH3 is 1. The van der Waals surface area contributed by atoms with Crippen molar-refractivity contribution in [3.63, 3.8) is 0 Å². The number of rotatable bonds is 2. The minimum atomic E-state index is 0.519. The van der Waals surface area contributed by atoms with Crippen LogP contribution in [0.2, 0.25) is 0 Å². The molecule has 0 saturated heterocycles. The third-order valence-corrected chi connectivity index (χ3v) is 2.43. The van der Waals surface area contributed by atoms with Crippen LogP contribution < -0.4 is 9.47 Å². The maximum Gasteiger partial charge on any atom is 0.225 e. The van der Waals surface area contributed by atoms with Gasteiger partial charge in [0, 0.05) is 0 Å². The summed E-state index contributed by atoms with van der Waals surface area (Å²) in [6, 6.07) is 7.30. The average Bonchev–Trinajstić information content (AvgIpc) is 2.19. The molecule has 1 aromatic rings. The largest absolute Gasteiger partial charge is 0.497 e. The molecular formula is C9H10O2S2. The lowest BCUT2D eigenvalue weighted by atomic mass is 10.3. The molecule has 0 amide bonds. The highest BCUT2D eigenvalue weighted by Crippen LogP contribution is 2.18. The van der Waals surface area contributed by atoms with Crippen molar-refractivity contribution in [3.8, 4) is 11.5 Å². The fourth-order valence-electron chi connectivity index (χ4n) is 0.782. The van der Waals surface area contributed by atoms with Gasteiger partial charge in [-0.2, -0.15) is 0 Å². The maximum absolute atomic E-state index is 5.30. The van der Waals surface area contributed by atoms with Crippen LogP contribution in [-0.2, 0) is 0 Å². The van der Waals surface area contributed by atoms with Crippen molar-refractivity contribution in [2.24, 2.45) is 0 Å². The van der Waals surface area contributed by atoms with Gasteiger partial charge < -0.3 is 9.47 Å². The van der Waals surface area contributed by atoms with Gasteiger partial charge >= 0.3 is 0 Å².